The highest BCUT2D eigenvalue weighted by Gasteiger charge is 2.21. The van der Waals surface area contributed by atoms with Crippen LogP contribution in [0.4, 0.5) is 0 Å². The molecule has 1 aliphatic heterocycles. The lowest BCUT2D eigenvalue weighted by atomic mass is 9.91. The van der Waals surface area contributed by atoms with Gasteiger partial charge in [0.2, 0.25) is 0 Å². The molecule has 3 heterocycles. The highest BCUT2D eigenvalue weighted by Crippen LogP contribution is 2.48. The number of fused-ring (bicyclic) bond motifs is 3. The van der Waals surface area contributed by atoms with Crippen LogP contribution in [0, 0.1) is 0 Å². The first-order valence-corrected chi connectivity index (χ1v) is 15.1. The van der Waals surface area contributed by atoms with Gasteiger partial charge in [-0.25, -0.2) is 4.98 Å². The third-order valence-electron chi connectivity index (χ3n) is 8.70. The van der Waals surface area contributed by atoms with E-state index in [9.17, 15) is 0 Å². The van der Waals surface area contributed by atoms with Crippen LogP contribution >= 0.6 is 0 Å². The number of hydrogen-bond donors (Lipinski definition) is 0. The van der Waals surface area contributed by atoms with Gasteiger partial charge in [0, 0.05) is 39.2 Å². The summed E-state index contributed by atoms with van der Waals surface area (Å²) in [6.07, 6.45) is 1.97. The summed E-state index contributed by atoms with van der Waals surface area (Å²) < 4.78 is 6.33. The molecule has 6 aromatic carbocycles. The van der Waals surface area contributed by atoms with Crippen molar-refractivity contribution < 1.29 is 4.74 Å². The largest absolute Gasteiger partial charge is 0.456 e. The summed E-state index contributed by atoms with van der Waals surface area (Å²) >= 11 is 0. The molecule has 0 fully saturated rings. The van der Waals surface area contributed by atoms with Crippen molar-refractivity contribution in [2.45, 2.75) is 0 Å². The molecule has 0 bridgehead atoms. The maximum Gasteiger partial charge on any atom is 0.135 e. The van der Waals surface area contributed by atoms with Crippen LogP contribution in [0.3, 0.4) is 0 Å². The van der Waals surface area contributed by atoms with Gasteiger partial charge in [-0.3, -0.25) is 4.98 Å². The van der Waals surface area contributed by atoms with Gasteiger partial charge in [0.05, 0.1) is 17.1 Å². The van der Waals surface area contributed by atoms with Crippen molar-refractivity contribution in [3.05, 3.63) is 158 Å². The first-order valence-electron chi connectivity index (χ1n) is 15.1. The first kappa shape index (κ1) is 25.4. The van der Waals surface area contributed by atoms with Crippen LogP contribution in [0.2, 0.25) is 0 Å². The molecule has 3 nitrogen and oxygen atoms in total. The van der Waals surface area contributed by atoms with Gasteiger partial charge >= 0.3 is 0 Å². The Bertz CT molecular complexity index is 2340. The Morgan fingerprint density at radius 2 is 1.13 bits per heavy atom. The predicted molar refractivity (Wildman–Crippen MR) is 184 cm³/mol. The van der Waals surface area contributed by atoms with Gasteiger partial charge in [0.1, 0.15) is 11.5 Å². The second kappa shape index (κ2) is 10.3. The van der Waals surface area contributed by atoms with E-state index in [1.54, 1.807) is 0 Å². The Labute approximate surface area is 261 Å². The smallest absolute Gasteiger partial charge is 0.135 e. The molecule has 8 aromatic rings. The molecule has 0 atom stereocenters. The summed E-state index contributed by atoms with van der Waals surface area (Å²) in [7, 11) is 0. The Morgan fingerprint density at radius 3 is 1.98 bits per heavy atom. The minimum absolute atomic E-state index is 0.879. The lowest BCUT2D eigenvalue weighted by molar-refractivity contribution is 0.487. The van der Waals surface area contributed by atoms with Gasteiger partial charge in [-0.1, -0.05) is 109 Å². The molecule has 0 amide bonds. The minimum atomic E-state index is 0.879. The van der Waals surface area contributed by atoms with Gasteiger partial charge in [-0.15, -0.1) is 0 Å². The lowest BCUT2D eigenvalue weighted by Crippen LogP contribution is -1.98. The minimum Gasteiger partial charge on any atom is -0.456 e. The molecule has 210 valence electrons. The Balaban J connectivity index is 1.18. The molecule has 0 radical (unpaired) electrons. The van der Waals surface area contributed by atoms with Gasteiger partial charge < -0.3 is 4.74 Å². The van der Waals surface area contributed by atoms with Crippen molar-refractivity contribution in [3.8, 4) is 67.5 Å². The van der Waals surface area contributed by atoms with Gasteiger partial charge in [0.15, 0.2) is 0 Å². The normalized spacial score (nSPS) is 11.7. The van der Waals surface area contributed by atoms with Gasteiger partial charge in [0.25, 0.3) is 0 Å². The summed E-state index contributed by atoms with van der Waals surface area (Å²) in [5, 5.41) is 4.46. The van der Waals surface area contributed by atoms with E-state index in [1.807, 2.05) is 30.5 Å². The quantitative estimate of drug-likeness (QED) is 0.210. The second-order valence-corrected chi connectivity index (χ2v) is 11.4. The molecule has 9 rings (SSSR count). The molecule has 3 heteroatoms. The molecular weight excluding hydrogens is 548 g/mol. The molecule has 0 saturated heterocycles. The molecule has 1 aliphatic rings. The number of hydrogen-bond acceptors (Lipinski definition) is 3. The fraction of sp³-hybridized carbons (Fsp3) is 0. The fourth-order valence-corrected chi connectivity index (χ4v) is 6.48. The zero-order chi connectivity index (χ0) is 29.7. The average Bonchev–Trinajstić information content (AvgIpc) is 3.12. The van der Waals surface area contributed by atoms with Crippen molar-refractivity contribution in [1.82, 2.24) is 9.97 Å². The topological polar surface area (TPSA) is 35.0 Å². The Morgan fingerprint density at radius 1 is 0.400 bits per heavy atom. The van der Waals surface area contributed by atoms with Crippen LogP contribution in [0.5, 0.6) is 11.5 Å². The number of nitrogens with zero attached hydrogens (tertiary/aromatic N) is 2. The fourth-order valence-electron chi connectivity index (χ4n) is 6.48. The zero-order valence-corrected chi connectivity index (χ0v) is 24.3. The number of aromatic nitrogens is 2. The van der Waals surface area contributed by atoms with E-state index in [-0.39, 0.29) is 0 Å². The number of rotatable bonds is 4. The molecule has 0 spiro atoms. The molecule has 0 saturated carbocycles. The first-order chi connectivity index (χ1) is 22.3. The van der Waals surface area contributed by atoms with Crippen molar-refractivity contribution in [1.29, 1.82) is 0 Å². The van der Waals surface area contributed by atoms with E-state index in [4.69, 9.17) is 14.7 Å². The molecule has 0 unspecified atom stereocenters. The maximum absolute atomic E-state index is 6.33. The zero-order valence-electron chi connectivity index (χ0n) is 24.3. The average molecular weight is 575 g/mol. The third kappa shape index (κ3) is 4.37. The van der Waals surface area contributed by atoms with E-state index < -0.39 is 0 Å². The molecular formula is C42H26N2O. The number of para-hydroxylation sites is 1. The Hall–Kier alpha value is -6.06. The van der Waals surface area contributed by atoms with E-state index in [1.165, 1.54) is 11.1 Å². The van der Waals surface area contributed by atoms with Crippen LogP contribution in [0.25, 0.3) is 77.6 Å². The van der Waals surface area contributed by atoms with Crippen LogP contribution < -0.4 is 4.74 Å². The highest BCUT2D eigenvalue weighted by atomic mass is 16.5. The molecule has 2 aromatic heterocycles. The highest BCUT2D eigenvalue weighted by molar-refractivity contribution is 6.10. The number of ether oxygens (including phenoxy) is 1. The van der Waals surface area contributed by atoms with Crippen LogP contribution in [-0.4, -0.2) is 9.97 Å². The second-order valence-electron chi connectivity index (χ2n) is 11.4. The van der Waals surface area contributed by atoms with Gasteiger partial charge in [-0.05, 0) is 69.9 Å². The maximum atomic E-state index is 6.33. The Kier molecular flexibility index (Phi) is 5.82. The third-order valence-corrected chi connectivity index (χ3v) is 8.70. The summed E-state index contributed by atoms with van der Waals surface area (Å²) in [6.45, 7) is 0. The monoisotopic (exact) mass is 574 g/mol. The van der Waals surface area contributed by atoms with E-state index in [2.05, 4.69) is 127 Å². The van der Waals surface area contributed by atoms with Crippen molar-refractivity contribution in [3.63, 3.8) is 0 Å². The molecule has 0 N–H and O–H groups in total. The standard InChI is InChI=1S/C42H26N2O/c1-3-10-27(11-4-1)32-23-37(28-12-5-2-6-13-28)44-38(24-32)29-18-19-30-26-43-39(25-31(30)22-29)33-20-21-41-42-35(33)15-9-16-36(42)34-14-7-8-17-40(34)45-41/h1-26H. The van der Waals surface area contributed by atoms with Crippen LogP contribution in [-0.2, 0) is 0 Å². The van der Waals surface area contributed by atoms with E-state index >= 15 is 0 Å². The van der Waals surface area contributed by atoms with Crippen LogP contribution in [0.15, 0.2) is 158 Å². The van der Waals surface area contributed by atoms with E-state index in [0.29, 0.717) is 0 Å². The van der Waals surface area contributed by atoms with Crippen LogP contribution in [0.1, 0.15) is 0 Å². The summed E-state index contributed by atoms with van der Waals surface area (Å²) in [5.41, 5.74) is 10.7. The lowest BCUT2D eigenvalue weighted by Gasteiger charge is -2.22. The summed E-state index contributed by atoms with van der Waals surface area (Å²) in [6, 6.07) is 52.9. The van der Waals surface area contributed by atoms with Gasteiger partial charge in [-0.2, -0.15) is 0 Å². The summed E-state index contributed by atoms with van der Waals surface area (Å²) in [5.74, 6) is 1.77. The van der Waals surface area contributed by atoms with Crippen molar-refractivity contribution >= 4 is 21.5 Å². The van der Waals surface area contributed by atoms with Crippen molar-refractivity contribution in [2.75, 3.05) is 0 Å². The SMILES string of the molecule is c1ccc(-c2cc(-c3ccccc3)nc(-c3ccc4cnc(-c5ccc6c7c(cccc57)-c5ccccc5O6)cc4c3)c2)cc1. The summed E-state index contributed by atoms with van der Waals surface area (Å²) in [4.78, 5) is 10.1. The number of pyridine rings is 2. The predicted octanol–water partition coefficient (Wildman–Crippen LogP) is 11.2. The molecule has 45 heavy (non-hydrogen) atoms. The van der Waals surface area contributed by atoms with Crippen molar-refractivity contribution in [2.24, 2.45) is 0 Å². The van der Waals surface area contributed by atoms with E-state index in [0.717, 1.165) is 77.9 Å². The molecule has 0 aliphatic carbocycles. The number of benzene rings is 6.